The summed E-state index contributed by atoms with van der Waals surface area (Å²) in [7, 11) is 2.10. The molecule has 4 fully saturated rings. The quantitative estimate of drug-likeness (QED) is 0.0268. The molecule has 37 heteroatoms. The predicted octanol–water partition coefficient (Wildman–Crippen LogP) is 5.39. The lowest BCUT2D eigenvalue weighted by Gasteiger charge is -2.39. The Bertz CT molecular complexity index is 2780. The number of aliphatic hydroxyl groups is 11. The monoisotopic (exact) mass is 1920 g/mol. The molecule has 0 aliphatic carbocycles. The summed E-state index contributed by atoms with van der Waals surface area (Å²) in [5.74, 6) is -1.95. The molecule has 0 aromatic carbocycles. The van der Waals surface area contributed by atoms with Gasteiger partial charge in [-0.25, -0.2) is 0 Å². The molecule has 4 aliphatic heterocycles. The van der Waals surface area contributed by atoms with E-state index in [-0.39, 0.29) is 227 Å². The van der Waals surface area contributed by atoms with Crippen molar-refractivity contribution < 1.29 is 156 Å². The second-order valence-corrected chi connectivity index (χ2v) is 35.1. The number of nitrogens with one attached hydrogen (secondary N) is 4. The fraction of sp³-hybridized carbons (Fsp3) is 0.876. The van der Waals surface area contributed by atoms with Crippen molar-refractivity contribution in [1.29, 1.82) is 0 Å². The maximum Gasteiger partial charge on any atom is 0.222 e. The van der Waals surface area contributed by atoms with Gasteiger partial charge >= 0.3 is 0 Å². The maximum absolute atomic E-state index is 14.3. The minimum absolute atomic E-state index is 0.0368. The van der Waals surface area contributed by atoms with Gasteiger partial charge in [0, 0.05) is 64.7 Å². The highest BCUT2D eigenvalue weighted by Crippen LogP contribution is 2.36. The molecule has 4 heterocycles. The fourth-order valence-corrected chi connectivity index (χ4v) is 15.5. The molecular weight excluding hydrogens is 1750 g/mol. The van der Waals surface area contributed by atoms with Crippen LogP contribution in [0.2, 0.25) is 0 Å². The number of unbranched alkanes of at least 4 members (excludes halogenated alkanes) is 20. The van der Waals surface area contributed by atoms with E-state index in [0.29, 0.717) is 19.6 Å². The van der Waals surface area contributed by atoms with E-state index in [0.717, 1.165) is 83.6 Å². The molecule has 4 aliphatic rings. The summed E-state index contributed by atoms with van der Waals surface area (Å²) in [6.45, 7) is 6.32. The molecule has 15 N–H and O–H groups in total. The summed E-state index contributed by atoms with van der Waals surface area (Å²) in [4.78, 5) is 56.1. The third-order valence-electron chi connectivity index (χ3n) is 23.4. The molecule has 0 saturated carbocycles. The minimum atomic E-state index is -1.57. The van der Waals surface area contributed by atoms with Crippen LogP contribution in [0.1, 0.15) is 239 Å². The number of aliphatic hydroxyl groups excluding tert-OH is 11. The SMILES string of the molecule is CCCCC/C=C\C/C=C\CCCCCCCCC1(CCCCCCCC/C=C\C/C=C\CCCCC)OC[C@H](CN(C)CCCCCC(=O)NC(COCCC(=O)NCCOCCOCCO[C@@H]2OC(CO)C(O)CCC2O)(COCCC(=O)NCCOCCOCCO[C@@H]2OC(CO)[C@@H](O)C(O)[C@H]2O)COCCC(=O)NCCOCCOCCO[C@@H]2OC(CO)[C@@H](O)C(O)[C@H]2O)O1. The number of amides is 4. The summed E-state index contributed by atoms with van der Waals surface area (Å²) in [6, 6.07) is 0. The van der Waals surface area contributed by atoms with Crippen LogP contribution in [0, 0.1) is 0 Å². The van der Waals surface area contributed by atoms with Crippen LogP contribution in [0.4, 0.5) is 0 Å². The maximum atomic E-state index is 14.3. The van der Waals surface area contributed by atoms with E-state index < -0.39 is 117 Å². The zero-order valence-corrected chi connectivity index (χ0v) is 81.2. The Balaban J connectivity index is 1.34. The Morgan fingerprint density at radius 2 is 0.731 bits per heavy atom. The van der Waals surface area contributed by atoms with Gasteiger partial charge in [-0.2, -0.15) is 0 Å². The number of ether oxygens (including phenoxy) is 17. The van der Waals surface area contributed by atoms with Gasteiger partial charge in [0.1, 0.15) is 66.6 Å². The molecular formula is C97H177N5O32. The van der Waals surface area contributed by atoms with Crippen molar-refractivity contribution in [3.8, 4) is 0 Å². The normalized spacial score (nSPS) is 23.9. The number of rotatable bonds is 87. The van der Waals surface area contributed by atoms with Crippen molar-refractivity contribution in [2.45, 2.75) is 342 Å². The van der Waals surface area contributed by atoms with Crippen LogP contribution in [-0.2, 0) is 99.7 Å². The number of likely N-dealkylation sites (N-methyl/N-ethyl adjacent to an activating group) is 1. The van der Waals surface area contributed by atoms with Crippen LogP contribution in [0.3, 0.4) is 0 Å². The Labute approximate surface area is 797 Å². The van der Waals surface area contributed by atoms with Crippen LogP contribution in [0.5, 0.6) is 0 Å². The number of carbonyl (C=O) groups is 4. The van der Waals surface area contributed by atoms with Crippen LogP contribution >= 0.6 is 0 Å². The first-order chi connectivity index (χ1) is 65.2. The van der Waals surface area contributed by atoms with Gasteiger partial charge in [0.05, 0.1) is 177 Å². The van der Waals surface area contributed by atoms with Crippen LogP contribution in [0.15, 0.2) is 48.6 Å². The molecule has 4 amide bonds. The number of hydrogen-bond acceptors (Lipinski definition) is 33. The summed E-state index contributed by atoms with van der Waals surface area (Å²) in [6.07, 6.45) is 33.3. The second-order valence-electron chi connectivity index (χ2n) is 35.1. The van der Waals surface area contributed by atoms with Crippen molar-refractivity contribution in [3.05, 3.63) is 48.6 Å². The van der Waals surface area contributed by atoms with Gasteiger partial charge in [0.25, 0.3) is 0 Å². The van der Waals surface area contributed by atoms with Crippen molar-refractivity contribution in [1.82, 2.24) is 26.2 Å². The van der Waals surface area contributed by atoms with Gasteiger partial charge in [-0.05, 0) is 116 Å². The number of carbonyl (C=O) groups excluding carboxylic acids is 4. The van der Waals surface area contributed by atoms with E-state index in [1.54, 1.807) is 0 Å². The fourth-order valence-electron chi connectivity index (χ4n) is 15.5. The third-order valence-corrected chi connectivity index (χ3v) is 23.4. The van der Waals surface area contributed by atoms with E-state index in [1.807, 2.05) is 0 Å². The van der Waals surface area contributed by atoms with Crippen LogP contribution < -0.4 is 21.3 Å². The molecule has 4 rings (SSSR count). The van der Waals surface area contributed by atoms with E-state index in [2.05, 4.69) is 95.7 Å². The molecule has 0 bridgehead atoms. The zero-order valence-electron chi connectivity index (χ0n) is 81.2. The molecule has 7 unspecified atom stereocenters. The van der Waals surface area contributed by atoms with Gasteiger partial charge in [-0.3, -0.25) is 19.2 Å². The molecule has 134 heavy (non-hydrogen) atoms. The van der Waals surface area contributed by atoms with Gasteiger partial charge < -0.3 is 163 Å². The van der Waals surface area contributed by atoms with Crippen molar-refractivity contribution in [3.63, 3.8) is 0 Å². The summed E-state index contributed by atoms with van der Waals surface area (Å²) < 4.78 is 98.6. The highest BCUT2D eigenvalue weighted by atomic mass is 16.8. The van der Waals surface area contributed by atoms with Gasteiger partial charge in [0.15, 0.2) is 24.7 Å². The van der Waals surface area contributed by atoms with Gasteiger partial charge in [-0.1, -0.05) is 146 Å². The number of allylic oxidation sites excluding steroid dienone is 8. The number of nitrogens with zero attached hydrogens (tertiary/aromatic N) is 1. The highest BCUT2D eigenvalue weighted by Gasteiger charge is 2.46. The molecule has 37 nitrogen and oxygen atoms in total. The minimum Gasteiger partial charge on any atom is -0.394 e. The summed E-state index contributed by atoms with van der Waals surface area (Å²) >= 11 is 0. The topological polar surface area (TPSA) is 499 Å². The van der Waals surface area contributed by atoms with Crippen molar-refractivity contribution >= 4 is 23.6 Å². The molecule has 0 aromatic rings. The molecule has 0 aromatic heterocycles. The Kier molecular flexibility index (Phi) is 73.1. The van der Waals surface area contributed by atoms with E-state index in [9.17, 15) is 75.3 Å². The van der Waals surface area contributed by atoms with Gasteiger partial charge in [0.2, 0.25) is 23.6 Å². The predicted molar refractivity (Wildman–Crippen MR) is 501 cm³/mol. The van der Waals surface area contributed by atoms with Crippen molar-refractivity contribution in [2.24, 2.45) is 0 Å². The molecule has 782 valence electrons. The lowest BCUT2D eigenvalue weighted by atomic mass is 9.98. The summed E-state index contributed by atoms with van der Waals surface area (Å²) in [5.41, 5.74) is -1.40. The standard InChI is InChI=1S/C97H177N5O32/c1-4-6-8-10-12-14-16-18-20-22-24-26-28-30-32-36-45-97(46-37-33-31-29-27-25-23-21-19-17-15-13-11-9-7-5-2)130-73-77(134-97)69-102(3)50-38-34-35-39-86(111)101-96(74-124-51-42-83(108)98-47-54-118-57-60-121-63-66-127-93-79(107)41-40-78(106)80(70-103)131-93,75-125-52-43-84(109)99-48-55-119-58-61-122-64-67-128-94-91(116)89(114)87(112)81(71-104)132-94)76-126-53-44-85(110)100-49-56-120-59-62-123-65-68-129-95-92(117)90(115)88(113)82(72-105)133-95/h12-15,18-21,77-82,87-95,103-107,112-117H,4-11,16-17,22-76H2,1-3H3,(H,98,108)(H,99,109)(H,100,110)(H,101,111)/b14-12-,15-13-,20-18-,21-19-/t77-,78?,79?,80?,81?,82?,87+,88+,89?,90?,91+,92+,93+,94+,95+,96?/m0/s1. The van der Waals surface area contributed by atoms with Crippen molar-refractivity contribution in [2.75, 3.05) is 205 Å². The molecule has 0 spiro atoms. The molecule has 0 radical (unpaired) electrons. The second kappa shape index (κ2) is 80.2. The Hall–Kier alpha value is -4.32. The number of hydrogen-bond donors (Lipinski definition) is 15. The first kappa shape index (κ1) is 122. The Morgan fingerprint density at radius 1 is 0.373 bits per heavy atom. The van der Waals surface area contributed by atoms with E-state index in [1.165, 1.54) is 103 Å². The van der Waals surface area contributed by atoms with E-state index in [4.69, 9.17) is 80.5 Å². The molecule has 4 saturated heterocycles. The smallest absolute Gasteiger partial charge is 0.222 e. The third kappa shape index (κ3) is 58.2. The largest absolute Gasteiger partial charge is 0.394 e. The van der Waals surface area contributed by atoms with E-state index >= 15 is 0 Å². The first-order valence-electron chi connectivity index (χ1n) is 50.2. The first-order valence-corrected chi connectivity index (χ1v) is 50.2. The average molecular weight is 1930 g/mol. The van der Waals surface area contributed by atoms with Crippen LogP contribution in [-0.4, -0.2) is 393 Å². The Morgan fingerprint density at radius 3 is 1.14 bits per heavy atom. The highest BCUT2D eigenvalue weighted by molar-refractivity contribution is 5.77. The average Bonchev–Trinajstić information content (AvgIpc) is 1.50. The lowest BCUT2D eigenvalue weighted by Crippen LogP contribution is -2.59. The van der Waals surface area contributed by atoms with Gasteiger partial charge in [-0.15, -0.1) is 0 Å². The molecule has 15 atom stereocenters. The van der Waals surface area contributed by atoms with Crippen LogP contribution in [0.25, 0.3) is 0 Å². The lowest BCUT2D eigenvalue weighted by molar-refractivity contribution is -0.302. The zero-order chi connectivity index (χ0) is 97.0. The summed E-state index contributed by atoms with van der Waals surface area (Å²) in [5, 5.41) is 121.